The molecular formula is C11H12N4O2S2. The minimum absolute atomic E-state index is 0.258. The summed E-state index contributed by atoms with van der Waals surface area (Å²) in [5.41, 5.74) is 0. The zero-order valence-electron chi connectivity index (χ0n) is 10.3. The van der Waals surface area contributed by atoms with Gasteiger partial charge in [0.2, 0.25) is 11.0 Å². The number of aryl methyl sites for hydroxylation is 1. The van der Waals surface area contributed by atoms with Crippen LogP contribution in [0.4, 0.5) is 5.13 Å². The number of rotatable bonds is 4. The second-order valence-corrected chi connectivity index (χ2v) is 5.92. The molecule has 0 bridgehead atoms. The van der Waals surface area contributed by atoms with Gasteiger partial charge in [0.1, 0.15) is 11.0 Å². The molecule has 0 aliphatic rings. The first-order valence-corrected chi connectivity index (χ1v) is 7.21. The number of hydrogen-bond acceptors (Lipinski definition) is 6. The van der Waals surface area contributed by atoms with Crippen LogP contribution in [0.25, 0.3) is 0 Å². The molecule has 8 heteroatoms. The smallest absolute Gasteiger partial charge is 0.261 e. The third kappa shape index (κ3) is 3.58. The summed E-state index contributed by atoms with van der Waals surface area (Å²) >= 11 is 2.61. The maximum atomic E-state index is 11.8. The zero-order chi connectivity index (χ0) is 13.8. The quantitative estimate of drug-likeness (QED) is 0.899. The number of aromatic nitrogens is 2. The minimum atomic E-state index is -0.640. The molecule has 0 unspecified atom stereocenters. The monoisotopic (exact) mass is 296 g/mol. The van der Waals surface area contributed by atoms with Crippen LogP contribution in [-0.2, 0) is 4.79 Å². The number of carbonyl (C=O) groups excluding carboxylic acids is 2. The molecule has 2 rings (SSSR count). The van der Waals surface area contributed by atoms with E-state index < -0.39 is 6.04 Å². The lowest BCUT2D eigenvalue weighted by molar-refractivity contribution is -0.117. The van der Waals surface area contributed by atoms with Crippen molar-refractivity contribution in [3.05, 3.63) is 27.4 Å². The van der Waals surface area contributed by atoms with Gasteiger partial charge in [-0.15, -0.1) is 21.5 Å². The van der Waals surface area contributed by atoms with E-state index in [1.165, 1.54) is 22.7 Å². The van der Waals surface area contributed by atoms with Crippen LogP contribution in [0.3, 0.4) is 0 Å². The van der Waals surface area contributed by atoms with Crippen LogP contribution >= 0.6 is 22.7 Å². The number of amides is 2. The largest absolute Gasteiger partial charge is 0.340 e. The second kappa shape index (κ2) is 5.89. The number of thiophene rings is 1. The standard InChI is InChI=1S/C11H12N4O2S2/c1-6(12-10(17)8-4-3-5-18-8)9(16)13-11-15-14-7(2)19-11/h3-6H,1-2H3,(H,12,17)(H,13,15,16)/t6-/m0/s1. The minimum Gasteiger partial charge on any atom is -0.340 e. The molecule has 0 spiro atoms. The van der Waals surface area contributed by atoms with Crippen molar-refractivity contribution in [1.82, 2.24) is 15.5 Å². The molecule has 6 nitrogen and oxygen atoms in total. The lowest BCUT2D eigenvalue weighted by Crippen LogP contribution is -2.41. The van der Waals surface area contributed by atoms with E-state index in [0.717, 1.165) is 5.01 Å². The molecule has 2 amide bonds. The van der Waals surface area contributed by atoms with E-state index in [9.17, 15) is 9.59 Å². The molecule has 0 aliphatic heterocycles. The highest BCUT2D eigenvalue weighted by Crippen LogP contribution is 2.14. The van der Waals surface area contributed by atoms with Gasteiger partial charge in [-0.05, 0) is 25.3 Å². The van der Waals surface area contributed by atoms with Crippen LogP contribution in [0.2, 0.25) is 0 Å². The molecule has 0 saturated carbocycles. The van der Waals surface area contributed by atoms with Gasteiger partial charge in [0.25, 0.3) is 5.91 Å². The van der Waals surface area contributed by atoms with Crippen molar-refractivity contribution < 1.29 is 9.59 Å². The Hall–Kier alpha value is -1.80. The van der Waals surface area contributed by atoms with Crippen LogP contribution < -0.4 is 10.6 Å². The van der Waals surface area contributed by atoms with E-state index in [1.807, 2.05) is 5.38 Å². The van der Waals surface area contributed by atoms with Crippen LogP contribution in [0, 0.1) is 6.92 Å². The normalized spacial score (nSPS) is 11.9. The Morgan fingerprint density at radius 1 is 1.37 bits per heavy atom. The molecule has 1 atom stereocenters. The number of anilines is 1. The van der Waals surface area contributed by atoms with E-state index in [1.54, 1.807) is 26.0 Å². The van der Waals surface area contributed by atoms with Crippen LogP contribution in [0.5, 0.6) is 0 Å². The van der Waals surface area contributed by atoms with Crippen LogP contribution in [-0.4, -0.2) is 28.1 Å². The first kappa shape index (κ1) is 13.6. The molecule has 19 heavy (non-hydrogen) atoms. The fourth-order valence-corrected chi connectivity index (χ4v) is 2.52. The fraction of sp³-hybridized carbons (Fsp3) is 0.273. The Balaban J connectivity index is 1.91. The average molecular weight is 296 g/mol. The SMILES string of the molecule is Cc1nnc(NC(=O)[C@H](C)NC(=O)c2cccs2)s1. The lowest BCUT2D eigenvalue weighted by atomic mass is 10.3. The summed E-state index contributed by atoms with van der Waals surface area (Å²) in [5, 5.41) is 15.8. The summed E-state index contributed by atoms with van der Waals surface area (Å²) in [6, 6.07) is 2.85. The summed E-state index contributed by atoms with van der Waals surface area (Å²) in [6.07, 6.45) is 0. The Morgan fingerprint density at radius 2 is 2.16 bits per heavy atom. The number of carbonyl (C=O) groups is 2. The van der Waals surface area contributed by atoms with Crippen molar-refractivity contribution in [2.45, 2.75) is 19.9 Å². The first-order chi connectivity index (χ1) is 9.06. The number of nitrogens with zero attached hydrogens (tertiary/aromatic N) is 2. The van der Waals surface area contributed by atoms with Crippen molar-refractivity contribution in [1.29, 1.82) is 0 Å². The van der Waals surface area contributed by atoms with E-state index in [2.05, 4.69) is 20.8 Å². The predicted molar refractivity (Wildman–Crippen MR) is 74.5 cm³/mol. The van der Waals surface area contributed by atoms with Crippen molar-refractivity contribution in [2.75, 3.05) is 5.32 Å². The maximum absolute atomic E-state index is 11.8. The molecular weight excluding hydrogens is 284 g/mol. The molecule has 2 aromatic rings. The highest BCUT2D eigenvalue weighted by Gasteiger charge is 2.18. The Kier molecular flexibility index (Phi) is 4.23. The fourth-order valence-electron chi connectivity index (χ4n) is 1.30. The highest BCUT2D eigenvalue weighted by molar-refractivity contribution is 7.15. The van der Waals surface area contributed by atoms with Gasteiger partial charge in [0, 0.05) is 0 Å². The van der Waals surface area contributed by atoms with E-state index in [-0.39, 0.29) is 11.8 Å². The zero-order valence-corrected chi connectivity index (χ0v) is 12.0. The van der Waals surface area contributed by atoms with Gasteiger partial charge in [0.15, 0.2) is 0 Å². The summed E-state index contributed by atoms with van der Waals surface area (Å²) < 4.78 is 0. The van der Waals surface area contributed by atoms with Gasteiger partial charge in [-0.2, -0.15) is 0 Å². The van der Waals surface area contributed by atoms with E-state index >= 15 is 0 Å². The van der Waals surface area contributed by atoms with Gasteiger partial charge < -0.3 is 5.32 Å². The van der Waals surface area contributed by atoms with E-state index in [0.29, 0.717) is 10.0 Å². The van der Waals surface area contributed by atoms with Crippen LogP contribution in [0.1, 0.15) is 21.6 Å². The van der Waals surface area contributed by atoms with E-state index in [4.69, 9.17) is 0 Å². The molecule has 100 valence electrons. The molecule has 0 fully saturated rings. The van der Waals surface area contributed by atoms with Crippen molar-refractivity contribution >= 4 is 39.6 Å². The van der Waals surface area contributed by atoms with Gasteiger partial charge >= 0.3 is 0 Å². The van der Waals surface area contributed by atoms with Gasteiger partial charge in [-0.25, -0.2) is 0 Å². The molecule has 0 saturated heterocycles. The Bertz CT molecular complexity index is 579. The Labute approximate surface area is 117 Å². The molecule has 2 N–H and O–H groups in total. The molecule has 0 aliphatic carbocycles. The summed E-state index contributed by atoms with van der Waals surface area (Å²) in [7, 11) is 0. The second-order valence-electron chi connectivity index (χ2n) is 3.79. The molecule has 0 radical (unpaired) electrons. The topological polar surface area (TPSA) is 84.0 Å². The lowest BCUT2D eigenvalue weighted by Gasteiger charge is -2.11. The first-order valence-electron chi connectivity index (χ1n) is 5.51. The van der Waals surface area contributed by atoms with Crippen LogP contribution in [0.15, 0.2) is 17.5 Å². The van der Waals surface area contributed by atoms with Gasteiger partial charge in [0.05, 0.1) is 4.88 Å². The molecule has 0 aromatic carbocycles. The number of nitrogens with one attached hydrogen (secondary N) is 2. The summed E-state index contributed by atoms with van der Waals surface area (Å²) in [5.74, 6) is -0.577. The predicted octanol–water partition coefficient (Wildman–Crippen LogP) is 1.67. The number of hydrogen-bond donors (Lipinski definition) is 2. The Morgan fingerprint density at radius 3 is 2.74 bits per heavy atom. The summed E-state index contributed by atoms with van der Waals surface area (Å²) in [4.78, 5) is 24.2. The maximum Gasteiger partial charge on any atom is 0.261 e. The van der Waals surface area contributed by atoms with Gasteiger partial charge in [-0.1, -0.05) is 17.4 Å². The highest BCUT2D eigenvalue weighted by atomic mass is 32.1. The van der Waals surface area contributed by atoms with Gasteiger partial charge in [-0.3, -0.25) is 14.9 Å². The third-order valence-electron chi connectivity index (χ3n) is 2.24. The average Bonchev–Trinajstić information content (AvgIpc) is 3.00. The van der Waals surface area contributed by atoms with Crippen molar-refractivity contribution in [2.24, 2.45) is 0 Å². The van der Waals surface area contributed by atoms with Crippen molar-refractivity contribution in [3.8, 4) is 0 Å². The van der Waals surface area contributed by atoms with Crippen molar-refractivity contribution in [3.63, 3.8) is 0 Å². The summed E-state index contributed by atoms with van der Waals surface area (Å²) in [6.45, 7) is 3.42. The third-order valence-corrected chi connectivity index (χ3v) is 3.86. The molecule has 2 heterocycles. The molecule has 2 aromatic heterocycles.